The average Bonchev–Trinajstić information content (AvgIpc) is 1.86. The third kappa shape index (κ3) is 0.506. The highest BCUT2D eigenvalue weighted by Crippen LogP contribution is 2.03. The van der Waals surface area contributed by atoms with Gasteiger partial charge in [-0.2, -0.15) is 0 Å². The fourth-order valence-corrected chi connectivity index (χ4v) is 0.447. The number of hydrogen-bond donors (Lipinski definition) is 1. The SMILES string of the molecule is FC1=CNCC1. The van der Waals surface area contributed by atoms with Crippen LogP contribution in [0.2, 0.25) is 0 Å². The Morgan fingerprint density at radius 2 is 2.67 bits per heavy atom. The number of hydrogen-bond acceptors (Lipinski definition) is 1. The highest BCUT2D eigenvalue weighted by atomic mass is 19.1. The molecule has 6 heavy (non-hydrogen) atoms. The lowest BCUT2D eigenvalue weighted by molar-refractivity contribution is 0.612. The van der Waals surface area contributed by atoms with E-state index >= 15 is 0 Å². The predicted molar refractivity (Wildman–Crippen MR) is 21.8 cm³/mol. The van der Waals surface area contributed by atoms with E-state index in [4.69, 9.17) is 0 Å². The first-order valence-electron chi connectivity index (χ1n) is 1.97. The second-order valence-corrected chi connectivity index (χ2v) is 1.30. The molecule has 0 amide bonds. The molecule has 0 aromatic rings. The number of halogens is 1. The Labute approximate surface area is 35.9 Å². The fourth-order valence-electron chi connectivity index (χ4n) is 0.447. The minimum absolute atomic E-state index is 0.0324. The lowest BCUT2D eigenvalue weighted by atomic mass is 10.5. The van der Waals surface area contributed by atoms with E-state index in [-0.39, 0.29) is 5.83 Å². The lowest BCUT2D eigenvalue weighted by Gasteiger charge is -1.77. The largest absolute Gasteiger partial charge is 0.388 e. The molecule has 2 heteroatoms. The van der Waals surface area contributed by atoms with E-state index in [9.17, 15) is 4.39 Å². The second-order valence-electron chi connectivity index (χ2n) is 1.30. The van der Waals surface area contributed by atoms with Crippen LogP contribution < -0.4 is 5.32 Å². The Balaban J connectivity index is 2.45. The van der Waals surface area contributed by atoms with Gasteiger partial charge < -0.3 is 5.32 Å². The van der Waals surface area contributed by atoms with Gasteiger partial charge in [0.1, 0.15) is 5.83 Å². The summed E-state index contributed by atoms with van der Waals surface area (Å²) >= 11 is 0. The zero-order valence-electron chi connectivity index (χ0n) is 3.37. The van der Waals surface area contributed by atoms with Gasteiger partial charge in [0, 0.05) is 19.2 Å². The van der Waals surface area contributed by atoms with Crippen LogP contribution in [-0.4, -0.2) is 6.54 Å². The smallest absolute Gasteiger partial charge is 0.117 e. The van der Waals surface area contributed by atoms with Gasteiger partial charge in [0.05, 0.1) is 0 Å². The summed E-state index contributed by atoms with van der Waals surface area (Å²) in [6.45, 7) is 0.770. The molecule has 0 saturated heterocycles. The molecule has 0 unspecified atom stereocenters. The molecule has 0 atom stereocenters. The summed E-state index contributed by atoms with van der Waals surface area (Å²) in [7, 11) is 0. The molecule has 0 aromatic heterocycles. The monoisotopic (exact) mass is 87.0 g/mol. The Morgan fingerprint density at radius 3 is 2.83 bits per heavy atom. The quantitative estimate of drug-likeness (QED) is 0.460. The number of nitrogens with one attached hydrogen (secondary N) is 1. The van der Waals surface area contributed by atoms with Crippen molar-refractivity contribution < 1.29 is 4.39 Å². The first-order chi connectivity index (χ1) is 2.89. The highest BCUT2D eigenvalue weighted by Gasteiger charge is 1.98. The van der Waals surface area contributed by atoms with E-state index < -0.39 is 0 Å². The van der Waals surface area contributed by atoms with Crippen LogP contribution in [0, 0.1) is 0 Å². The topological polar surface area (TPSA) is 12.0 Å². The van der Waals surface area contributed by atoms with Crippen LogP contribution in [0.3, 0.4) is 0 Å². The van der Waals surface area contributed by atoms with Gasteiger partial charge in [-0.3, -0.25) is 0 Å². The summed E-state index contributed by atoms with van der Waals surface area (Å²) in [5.41, 5.74) is 0. The van der Waals surface area contributed by atoms with E-state index in [1.165, 1.54) is 6.20 Å². The molecule has 1 nitrogen and oxygen atoms in total. The van der Waals surface area contributed by atoms with Gasteiger partial charge in [0.2, 0.25) is 0 Å². The van der Waals surface area contributed by atoms with Crippen molar-refractivity contribution in [2.75, 3.05) is 6.54 Å². The third-order valence-electron chi connectivity index (χ3n) is 0.767. The zero-order chi connectivity index (χ0) is 4.41. The van der Waals surface area contributed by atoms with E-state index in [0.717, 1.165) is 6.54 Å². The van der Waals surface area contributed by atoms with Crippen LogP contribution in [0.4, 0.5) is 4.39 Å². The van der Waals surface area contributed by atoms with Crippen LogP contribution in [0.1, 0.15) is 6.42 Å². The van der Waals surface area contributed by atoms with Gasteiger partial charge in [-0.1, -0.05) is 0 Å². The molecular formula is C4H6FN. The molecule has 0 spiro atoms. The fraction of sp³-hybridized carbons (Fsp3) is 0.500. The number of rotatable bonds is 0. The van der Waals surface area contributed by atoms with Crippen molar-refractivity contribution >= 4 is 0 Å². The summed E-state index contributed by atoms with van der Waals surface area (Å²) in [5.74, 6) is -0.0324. The van der Waals surface area contributed by atoms with E-state index in [2.05, 4.69) is 5.32 Å². The first kappa shape index (κ1) is 3.65. The maximum Gasteiger partial charge on any atom is 0.117 e. The molecule has 0 aromatic carbocycles. The van der Waals surface area contributed by atoms with E-state index in [0.29, 0.717) is 6.42 Å². The lowest BCUT2D eigenvalue weighted by Crippen LogP contribution is -1.96. The van der Waals surface area contributed by atoms with E-state index in [1.54, 1.807) is 0 Å². The predicted octanol–water partition coefficient (Wildman–Crippen LogP) is 0.791. The molecular weight excluding hydrogens is 81.0 g/mol. The standard InChI is InChI=1S/C4H6FN/c5-4-1-2-6-3-4/h3,6H,1-2H2. The maximum atomic E-state index is 11.7. The Kier molecular flexibility index (Phi) is 0.783. The molecule has 1 heterocycles. The molecule has 34 valence electrons. The molecule has 1 rings (SSSR count). The Hall–Kier alpha value is -0.530. The van der Waals surface area contributed by atoms with Crippen molar-refractivity contribution in [3.8, 4) is 0 Å². The zero-order valence-corrected chi connectivity index (χ0v) is 3.37. The van der Waals surface area contributed by atoms with Gasteiger partial charge >= 0.3 is 0 Å². The molecule has 1 aliphatic heterocycles. The average molecular weight is 87.1 g/mol. The van der Waals surface area contributed by atoms with Gasteiger partial charge in [0.15, 0.2) is 0 Å². The molecule has 0 radical (unpaired) electrons. The second kappa shape index (κ2) is 1.29. The molecule has 0 aliphatic carbocycles. The maximum absolute atomic E-state index is 11.7. The summed E-state index contributed by atoms with van der Waals surface area (Å²) in [6.07, 6.45) is 1.97. The highest BCUT2D eigenvalue weighted by molar-refractivity contribution is 4.96. The minimum atomic E-state index is -0.0324. The third-order valence-corrected chi connectivity index (χ3v) is 0.767. The van der Waals surface area contributed by atoms with Crippen molar-refractivity contribution in [3.63, 3.8) is 0 Å². The summed E-state index contributed by atoms with van der Waals surface area (Å²) < 4.78 is 11.7. The molecule has 0 saturated carbocycles. The van der Waals surface area contributed by atoms with Crippen LogP contribution >= 0.6 is 0 Å². The van der Waals surface area contributed by atoms with Crippen molar-refractivity contribution in [2.24, 2.45) is 0 Å². The van der Waals surface area contributed by atoms with Crippen molar-refractivity contribution in [2.45, 2.75) is 6.42 Å². The normalized spacial score (nSPS) is 19.8. The summed E-state index contributed by atoms with van der Waals surface area (Å²) in [4.78, 5) is 0. The molecule has 0 bridgehead atoms. The molecule has 0 fully saturated rings. The van der Waals surface area contributed by atoms with Gasteiger partial charge in [-0.15, -0.1) is 0 Å². The first-order valence-corrected chi connectivity index (χ1v) is 1.97. The molecule has 1 N–H and O–H groups in total. The Bertz CT molecular complexity index is 77.6. The van der Waals surface area contributed by atoms with Gasteiger partial charge in [-0.05, 0) is 0 Å². The van der Waals surface area contributed by atoms with Crippen LogP contribution in [0.25, 0.3) is 0 Å². The van der Waals surface area contributed by atoms with Gasteiger partial charge in [0.25, 0.3) is 0 Å². The molecule has 1 aliphatic rings. The van der Waals surface area contributed by atoms with E-state index in [1.807, 2.05) is 0 Å². The van der Waals surface area contributed by atoms with Crippen LogP contribution in [0.15, 0.2) is 12.0 Å². The van der Waals surface area contributed by atoms with Crippen LogP contribution in [-0.2, 0) is 0 Å². The van der Waals surface area contributed by atoms with Gasteiger partial charge in [-0.25, -0.2) is 4.39 Å². The van der Waals surface area contributed by atoms with Crippen molar-refractivity contribution in [1.29, 1.82) is 0 Å². The van der Waals surface area contributed by atoms with Crippen LogP contribution in [0.5, 0.6) is 0 Å². The Morgan fingerprint density at radius 1 is 1.83 bits per heavy atom. The van der Waals surface area contributed by atoms with Crippen molar-refractivity contribution in [3.05, 3.63) is 12.0 Å². The summed E-state index contributed by atoms with van der Waals surface area (Å²) in [6, 6.07) is 0. The summed E-state index contributed by atoms with van der Waals surface area (Å²) in [5, 5.41) is 2.73. The minimum Gasteiger partial charge on any atom is -0.388 e. The van der Waals surface area contributed by atoms with Crippen molar-refractivity contribution in [1.82, 2.24) is 5.32 Å².